The van der Waals surface area contributed by atoms with E-state index in [1.807, 2.05) is 23.6 Å². The highest BCUT2D eigenvalue weighted by molar-refractivity contribution is 7.13. The van der Waals surface area contributed by atoms with E-state index in [0.29, 0.717) is 5.75 Å². The molecule has 0 fully saturated rings. The Labute approximate surface area is 109 Å². The number of ether oxygens (including phenoxy) is 2. The Balaban J connectivity index is 2.10. The third kappa shape index (κ3) is 2.98. The lowest BCUT2D eigenvalue weighted by Gasteiger charge is -2.06. The lowest BCUT2D eigenvalue weighted by molar-refractivity contribution is 0.394. The second-order valence-corrected chi connectivity index (χ2v) is 4.21. The molecule has 0 saturated carbocycles. The molecule has 2 rings (SSSR count). The van der Waals surface area contributed by atoms with Gasteiger partial charge in [0.05, 0.1) is 20.4 Å². The van der Waals surface area contributed by atoms with E-state index in [9.17, 15) is 0 Å². The van der Waals surface area contributed by atoms with Crippen LogP contribution in [-0.2, 0) is 0 Å². The lowest BCUT2D eigenvalue weighted by atomic mass is 10.2. The van der Waals surface area contributed by atoms with Crippen molar-refractivity contribution in [2.24, 2.45) is 5.10 Å². The van der Waals surface area contributed by atoms with Crippen LogP contribution in [0.25, 0.3) is 0 Å². The van der Waals surface area contributed by atoms with Crippen LogP contribution in [0.1, 0.15) is 5.56 Å². The number of hydrogen-bond donors (Lipinski definition) is 1. The van der Waals surface area contributed by atoms with Gasteiger partial charge >= 0.3 is 0 Å². The molecule has 0 amide bonds. The van der Waals surface area contributed by atoms with Crippen molar-refractivity contribution in [1.82, 2.24) is 4.98 Å². The fraction of sp³-hybridized carbons (Fsp3) is 0.167. The van der Waals surface area contributed by atoms with Crippen LogP contribution in [0.15, 0.2) is 34.9 Å². The molecule has 2 aromatic rings. The van der Waals surface area contributed by atoms with Crippen molar-refractivity contribution < 1.29 is 9.47 Å². The maximum Gasteiger partial charge on any atom is 0.203 e. The van der Waals surface area contributed by atoms with E-state index < -0.39 is 0 Å². The lowest BCUT2D eigenvalue weighted by Crippen LogP contribution is -1.94. The summed E-state index contributed by atoms with van der Waals surface area (Å²) in [5.41, 5.74) is 3.71. The summed E-state index contributed by atoms with van der Waals surface area (Å²) < 4.78 is 10.4. The Kier molecular flexibility index (Phi) is 4.14. The quantitative estimate of drug-likeness (QED) is 0.665. The van der Waals surface area contributed by atoms with Crippen LogP contribution in [0, 0.1) is 0 Å². The Bertz CT molecular complexity index is 526. The molecule has 0 bridgehead atoms. The first-order valence-corrected chi connectivity index (χ1v) is 6.12. The monoisotopic (exact) mass is 263 g/mol. The first kappa shape index (κ1) is 12.4. The number of anilines is 1. The van der Waals surface area contributed by atoms with Gasteiger partial charge in [-0.2, -0.15) is 5.10 Å². The number of aromatic nitrogens is 1. The summed E-state index contributed by atoms with van der Waals surface area (Å²) in [6.45, 7) is 0. The normalized spacial score (nSPS) is 10.6. The first-order chi connectivity index (χ1) is 8.83. The van der Waals surface area contributed by atoms with Crippen molar-refractivity contribution in [2.75, 3.05) is 19.6 Å². The second kappa shape index (κ2) is 6.02. The Hall–Kier alpha value is -2.08. The van der Waals surface area contributed by atoms with Crippen molar-refractivity contribution in [3.8, 4) is 11.5 Å². The van der Waals surface area contributed by atoms with Crippen molar-refractivity contribution in [3.05, 3.63) is 35.3 Å². The molecule has 5 nitrogen and oxygen atoms in total. The number of benzene rings is 1. The summed E-state index contributed by atoms with van der Waals surface area (Å²) in [6, 6.07) is 5.54. The first-order valence-electron chi connectivity index (χ1n) is 5.24. The average Bonchev–Trinajstić information content (AvgIpc) is 2.92. The summed E-state index contributed by atoms with van der Waals surface area (Å²) in [7, 11) is 3.23. The number of nitrogens with one attached hydrogen (secondary N) is 1. The van der Waals surface area contributed by atoms with Gasteiger partial charge < -0.3 is 9.47 Å². The van der Waals surface area contributed by atoms with Crippen LogP contribution in [0.3, 0.4) is 0 Å². The summed E-state index contributed by atoms with van der Waals surface area (Å²) in [5.74, 6) is 1.45. The maximum absolute atomic E-state index is 5.26. The number of methoxy groups -OCH3 is 2. The van der Waals surface area contributed by atoms with Crippen molar-refractivity contribution >= 4 is 22.7 Å². The molecule has 0 aliphatic rings. The van der Waals surface area contributed by atoms with Gasteiger partial charge in [0.2, 0.25) is 5.13 Å². The van der Waals surface area contributed by atoms with Crippen molar-refractivity contribution in [2.45, 2.75) is 0 Å². The fourth-order valence-electron chi connectivity index (χ4n) is 1.36. The van der Waals surface area contributed by atoms with E-state index in [2.05, 4.69) is 15.5 Å². The van der Waals surface area contributed by atoms with Gasteiger partial charge in [0.1, 0.15) is 11.5 Å². The molecule has 0 aliphatic carbocycles. The van der Waals surface area contributed by atoms with E-state index in [0.717, 1.165) is 16.4 Å². The van der Waals surface area contributed by atoms with Crippen LogP contribution in [-0.4, -0.2) is 25.4 Å². The highest BCUT2D eigenvalue weighted by Crippen LogP contribution is 2.23. The Morgan fingerprint density at radius 1 is 1.33 bits per heavy atom. The Morgan fingerprint density at radius 3 is 2.89 bits per heavy atom. The molecule has 0 spiro atoms. The molecule has 18 heavy (non-hydrogen) atoms. The third-order valence-corrected chi connectivity index (χ3v) is 2.91. The van der Waals surface area contributed by atoms with Gasteiger partial charge in [0.15, 0.2) is 0 Å². The number of hydrazone groups is 1. The van der Waals surface area contributed by atoms with Crippen LogP contribution >= 0.6 is 11.3 Å². The molecule has 1 heterocycles. The fourth-order valence-corrected chi connectivity index (χ4v) is 1.84. The standard InChI is InChI=1S/C12H13N3O2S/c1-16-10-4-3-9(11(7-10)17-2)8-14-15-12-13-5-6-18-12/h3-8H,1-2H3,(H,13,15). The van der Waals surface area contributed by atoms with Crippen LogP contribution in [0.4, 0.5) is 5.13 Å². The van der Waals surface area contributed by atoms with Gasteiger partial charge in [0, 0.05) is 23.2 Å². The van der Waals surface area contributed by atoms with E-state index in [-0.39, 0.29) is 0 Å². The van der Waals surface area contributed by atoms with E-state index in [1.54, 1.807) is 26.6 Å². The number of rotatable bonds is 5. The molecule has 1 N–H and O–H groups in total. The average molecular weight is 263 g/mol. The second-order valence-electron chi connectivity index (χ2n) is 3.32. The maximum atomic E-state index is 5.26. The minimum absolute atomic E-state index is 0.707. The van der Waals surface area contributed by atoms with E-state index in [4.69, 9.17) is 9.47 Å². The van der Waals surface area contributed by atoms with Crippen LogP contribution < -0.4 is 14.9 Å². The van der Waals surface area contributed by atoms with Crippen molar-refractivity contribution in [3.63, 3.8) is 0 Å². The number of nitrogens with zero attached hydrogens (tertiary/aromatic N) is 2. The van der Waals surface area contributed by atoms with Gasteiger partial charge in [0.25, 0.3) is 0 Å². The van der Waals surface area contributed by atoms with Gasteiger partial charge in [-0.3, -0.25) is 5.43 Å². The zero-order valence-electron chi connectivity index (χ0n) is 10.1. The molecular formula is C12H13N3O2S. The molecule has 94 valence electrons. The SMILES string of the molecule is COc1ccc(C=NNc2nccs2)c(OC)c1. The van der Waals surface area contributed by atoms with Gasteiger partial charge in [-0.15, -0.1) is 11.3 Å². The summed E-state index contributed by atoms with van der Waals surface area (Å²) in [6.07, 6.45) is 3.40. The highest BCUT2D eigenvalue weighted by atomic mass is 32.1. The predicted molar refractivity (Wildman–Crippen MR) is 72.9 cm³/mol. The molecule has 1 aromatic heterocycles. The minimum Gasteiger partial charge on any atom is -0.497 e. The topological polar surface area (TPSA) is 55.7 Å². The molecule has 1 aromatic carbocycles. The summed E-state index contributed by atoms with van der Waals surface area (Å²) >= 11 is 1.49. The van der Waals surface area contributed by atoms with Gasteiger partial charge in [-0.1, -0.05) is 0 Å². The van der Waals surface area contributed by atoms with E-state index in [1.165, 1.54) is 11.3 Å². The zero-order valence-corrected chi connectivity index (χ0v) is 10.9. The largest absolute Gasteiger partial charge is 0.497 e. The van der Waals surface area contributed by atoms with E-state index >= 15 is 0 Å². The summed E-state index contributed by atoms with van der Waals surface area (Å²) in [5, 5.41) is 6.73. The zero-order chi connectivity index (χ0) is 12.8. The molecule has 0 atom stereocenters. The molecule has 6 heteroatoms. The minimum atomic E-state index is 0.707. The number of thiazole rings is 1. The van der Waals surface area contributed by atoms with Gasteiger partial charge in [-0.25, -0.2) is 4.98 Å². The molecule has 0 unspecified atom stereocenters. The van der Waals surface area contributed by atoms with Crippen LogP contribution in [0.2, 0.25) is 0 Å². The molecule has 0 aliphatic heterocycles. The third-order valence-electron chi connectivity index (χ3n) is 2.24. The molecular weight excluding hydrogens is 250 g/mol. The Morgan fingerprint density at radius 2 is 2.22 bits per heavy atom. The van der Waals surface area contributed by atoms with Gasteiger partial charge in [-0.05, 0) is 12.1 Å². The molecule has 0 radical (unpaired) electrons. The summed E-state index contributed by atoms with van der Waals surface area (Å²) in [4.78, 5) is 4.06. The predicted octanol–water partition coefficient (Wildman–Crippen LogP) is 2.61. The smallest absolute Gasteiger partial charge is 0.203 e. The highest BCUT2D eigenvalue weighted by Gasteiger charge is 2.02. The molecule has 0 saturated heterocycles. The van der Waals surface area contributed by atoms with Crippen LogP contribution in [0.5, 0.6) is 11.5 Å². The number of hydrogen-bond acceptors (Lipinski definition) is 6. The van der Waals surface area contributed by atoms with Crippen molar-refractivity contribution in [1.29, 1.82) is 0 Å².